The fourth-order valence-corrected chi connectivity index (χ4v) is 4.40. The molecule has 1 fully saturated rings. The molecule has 0 aromatic carbocycles. The summed E-state index contributed by atoms with van der Waals surface area (Å²) in [5.74, 6) is 0. The first-order valence-electron chi connectivity index (χ1n) is 13.7. The van der Waals surface area contributed by atoms with Crippen LogP contribution in [0.5, 0.6) is 0 Å². The van der Waals surface area contributed by atoms with Gasteiger partial charge in [0.2, 0.25) is 0 Å². The number of nitrogens with zero attached hydrogens (tertiary/aromatic N) is 1. The lowest BCUT2D eigenvalue weighted by atomic mass is 9.98. The maximum Gasteiger partial charge on any atom is 0.383 e. The van der Waals surface area contributed by atoms with Gasteiger partial charge in [-0.05, 0) is 39.0 Å². The summed E-state index contributed by atoms with van der Waals surface area (Å²) in [6.07, 6.45) is 29.5. The summed E-state index contributed by atoms with van der Waals surface area (Å²) >= 11 is 0. The molecule has 3 heteroatoms. The standard InChI is InChI=1S/C27H53NO2/c1-3-5-6-7-8-9-10-11-12-13-14-15-16-17-18-22-25-28-27(29-4-2)30-26-23-20-19-21-24-26/h26H,3-25H2,1-2H3. The molecule has 178 valence electrons. The predicted molar refractivity (Wildman–Crippen MR) is 131 cm³/mol. The van der Waals surface area contributed by atoms with E-state index in [4.69, 9.17) is 9.47 Å². The van der Waals surface area contributed by atoms with Gasteiger partial charge in [-0.1, -0.05) is 110 Å². The molecule has 1 saturated carbocycles. The van der Waals surface area contributed by atoms with E-state index >= 15 is 0 Å². The molecule has 0 saturated heterocycles. The summed E-state index contributed by atoms with van der Waals surface area (Å²) in [4.78, 5) is 4.58. The molecule has 3 nitrogen and oxygen atoms in total. The normalized spacial score (nSPS) is 15.5. The van der Waals surface area contributed by atoms with Crippen LogP contribution in [0, 0.1) is 0 Å². The van der Waals surface area contributed by atoms with Crippen LogP contribution in [0.2, 0.25) is 0 Å². The minimum atomic E-state index is 0.329. The van der Waals surface area contributed by atoms with Crippen LogP contribution in [0.15, 0.2) is 4.99 Å². The molecule has 0 aromatic rings. The molecular weight excluding hydrogens is 370 g/mol. The lowest BCUT2D eigenvalue weighted by Gasteiger charge is -2.23. The van der Waals surface area contributed by atoms with E-state index in [1.54, 1.807) is 0 Å². The van der Waals surface area contributed by atoms with Gasteiger partial charge in [-0.15, -0.1) is 0 Å². The Morgan fingerprint density at radius 1 is 0.633 bits per heavy atom. The van der Waals surface area contributed by atoms with Gasteiger partial charge in [0.05, 0.1) is 6.61 Å². The fourth-order valence-electron chi connectivity index (χ4n) is 4.40. The topological polar surface area (TPSA) is 30.8 Å². The second-order valence-electron chi connectivity index (χ2n) is 9.26. The molecule has 1 rings (SSSR count). The van der Waals surface area contributed by atoms with Crippen molar-refractivity contribution in [1.82, 2.24) is 0 Å². The molecule has 0 aromatic heterocycles. The lowest BCUT2D eigenvalue weighted by Crippen LogP contribution is -2.23. The quantitative estimate of drug-likeness (QED) is 0.118. The van der Waals surface area contributed by atoms with Crippen molar-refractivity contribution >= 4 is 6.08 Å². The van der Waals surface area contributed by atoms with Crippen LogP contribution in [0.3, 0.4) is 0 Å². The number of rotatable bonds is 19. The maximum absolute atomic E-state index is 5.99. The Kier molecular flexibility index (Phi) is 19.6. The zero-order valence-electron chi connectivity index (χ0n) is 20.6. The summed E-state index contributed by atoms with van der Waals surface area (Å²) in [6.45, 7) is 5.79. The highest BCUT2D eigenvalue weighted by atomic mass is 16.7. The second-order valence-corrected chi connectivity index (χ2v) is 9.26. The first-order valence-corrected chi connectivity index (χ1v) is 13.7. The molecule has 0 atom stereocenters. The smallest absolute Gasteiger partial charge is 0.383 e. The van der Waals surface area contributed by atoms with Gasteiger partial charge in [0.25, 0.3) is 0 Å². The monoisotopic (exact) mass is 423 g/mol. The summed E-state index contributed by atoms with van der Waals surface area (Å²) in [5.41, 5.74) is 0. The van der Waals surface area contributed by atoms with Gasteiger partial charge in [0, 0.05) is 6.54 Å². The van der Waals surface area contributed by atoms with Crippen molar-refractivity contribution in [3.63, 3.8) is 0 Å². The number of hydrogen-bond acceptors (Lipinski definition) is 3. The Hall–Kier alpha value is -0.730. The van der Waals surface area contributed by atoms with Gasteiger partial charge < -0.3 is 9.47 Å². The Balaban J connectivity index is 1.86. The molecule has 0 spiro atoms. The molecular formula is C27H53NO2. The third kappa shape index (κ3) is 17.0. The Morgan fingerprint density at radius 3 is 1.57 bits per heavy atom. The maximum atomic E-state index is 5.99. The zero-order chi connectivity index (χ0) is 21.5. The highest BCUT2D eigenvalue weighted by Crippen LogP contribution is 2.21. The molecule has 0 N–H and O–H groups in total. The van der Waals surface area contributed by atoms with Gasteiger partial charge in [-0.2, -0.15) is 0 Å². The van der Waals surface area contributed by atoms with Crippen molar-refractivity contribution in [2.45, 2.75) is 155 Å². The number of hydrogen-bond donors (Lipinski definition) is 0. The minimum Gasteiger partial charge on any atom is -0.451 e. The average molecular weight is 424 g/mol. The molecule has 0 unspecified atom stereocenters. The summed E-state index contributed by atoms with van der Waals surface area (Å²) in [6, 6.07) is 0. The minimum absolute atomic E-state index is 0.329. The Morgan fingerprint density at radius 2 is 1.10 bits per heavy atom. The van der Waals surface area contributed by atoms with Crippen molar-refractivity contribution in [2.75, 3.05) is 13.2 Å². The zero-order valence-corrected chi connectivity index (χ0v) is 20.6. The van der Waals surface area contributed by atoms with Crippen LogP contribution < -0.4 is 0 Å². The van der Waals surface area contributed by atoms with Crippen molar-refractivity contribution in [3.8, 4) is 0 Å². The Bertz CT molecular complexity index is 377. The molecule has 0 aliphatic heterocycles. The molecule has 0 radical (unpaired) electrons. The van der Waals surface area contributed by atoms with E-state index in [9.17, 15) is 0 Å². The van der Waals surface area contributed by atoms with Crippen molar-refractivity contribution in [3.05, 3.63) is 0 Å². The van der Waals surface area contributed by atoms with E-state index < -0.39 is 0 Å². The van der Waals surface area contributed by atoms with Gasteiger partial charge in [0.1, 0.15) is 6.10 Å². The van der Waals surface area contributed by atoms with E-state index in [0.29, 0.717) is 18.8 Å². The van der Waals surface area contributed by atoms with Crippen molar-refractivity contribution in [1.29, 1.82) is 0 Å². The Labute approximate surface area is 188 Å². The number of ether oxygens (including phenoxy) is 2. The van der Waals surface area contributed by atoms with Crippen molar-refractivity contribution in [2.24, 2.45) is 4.99 Å². The summed E-state index contributed by atoms with van der Waals surface area (Å²) < 4.78 is 11.6. The third-order valence-corrected chi connectivity index (χ3v) is 6.34. The van der Waals surface area contributed by atoms with Crippen LogP contribution in [-0.2, 0) is 9.47 Å². The van der Waals surface area contributed by atoms with E-state index in [1.165, 1.54) is 116 Å². The number of unbranched alkanes of at least 4 members (excludes halogenated alkanes) is 15. The highest BCUT2D eigenvalue weighted by Gasteiger charge is 2.17. The van der Waals surface area contributed by atoms with Crippen LogP contribution in [0.1, 0.15) is 149 Å². The van der Waals surface area contributed by atoms with Crippen LogP contribution in [0.4, 0.5) is 0 Å². The molecule has 0 bridgehead atoms. The molecule has 30 heavy (non-hydrogen) atoms. The average Bonchev–Trinajstić information content (AvgIpc) is 2.76. The van der Waals surface area contributed by atoms with Gasteiger partial charge in [0.15, 0.2) is 0 Å². The summed E-state index contributed by atoms with van der Waals surface area (Å²) in [5, 5.41) is 0. The SMILES string of the molecule is CCCCCCCCCCCCCCCCCCN=C(OCC)OC1CCCCC1. The second kappa shape index (κ2) is 21.5. The van der Waals surface area contributed by atoms with Gasteiger partial charge >= 0.3 is 6.08 Å². The predicted octanol–water partition coefficient (Wildman–Crippen LogP) is 8.99. The molecule has 0 heterocycles. The highest BCUT2D eigenvalue weighted by molar-refractivity contribution is 5.67. The van der Waals surface area contributed by atoms with Crippen LogP contribution >= 0.6 is 0 Å². The molecule has 0 amide bonds. The van der Waals surface area contributed by atoms with Gasteiger partial charge in [-0.25, -0.2) is 4.99 Å². The van der Waals surface area contributed by atoms with Crippen LogP contribution in [0.25, 0.3) is 0 Å². The van der Waals surface area contributed by atoms with E-state index in [1.807, 2.05) is 6.92 Å². The van der Waals surface area contributed by atoms with Crippen molar-refractivity contribution < 1.29 is 9.47 Å². The van der Waals surface area contributed by atoms with E-state index in [-0.39, 0.29) is 0 Å². The van der Waals surface area contributed by atoms with Crippen LogP contribution in [-0.4, -0.2) is 25.3 Å². The lowest BCUT2D eigenvalue weighted by molar-refractivity contribution is 0.0845. The largest absolute Gasteiger partial charge is 0.451 e. The first kappa shape index (κ1) is 27.3. The first-order chi connectivity index (χ1) is 14.9. The van der Waals surface area contributed by atoms with E-state index in [0.717, 1.165) is 25.8 Å². The van der Waals surface area contributed by atoms with E-state index in [2.05, 4.69) is 11.9 Å². The molecule has 1 aliphatic carbocycles. The fraction of sp³-hybridized carbons (Fsp3) is 0.963. The number of aliphatic imine (C=N–C) groups is 1. The van der Waals surface area contributed by atoms with Gasteiger partial charge in [-0.3, -0.25) is 0 Å². The third-order valence-electron chi connectivity index (χ3n) is 6.34. The molecule has 1 aliphatic rings. The summed E-state index contributed by atoms with van der Waals surface area (Å²) in [7, 11) is 0.